The maximum Gasteiger partial charge on any atom is 0.404 e. The smallest absolute Gasteiger partial charge is 0.404 e. The van der Waals surface area contributed by atoms with Gasteiger partial charge in [0.2, 0.25) is 11.8 Å². The summed E-state index contributed by atoms with van der Waals surface area (Å²) < 4.78 is 2.91. The molecular weight excluding hydrogens is 448 g/mol. The van der Waals surface area contributed by atoms with Gasteiger partial charge in [-0.15, -0.1) is 5.92 Å². The first-order valence-corrected chi connectivity index (χ1v) is 11.0. The lowest BCUT2D eigenvalue weighted by atomic mass is 10.1. The lowest BCUT2D eigenvalue weighted by Gasteiger charge is -2.33. The van der Waals surface area contributed by atoms with E-state index in [0.717, 1.165) is 6.42 Å². The molecule has 2 aromatic heterocycles. The molecule has 1 atom stereocenters. The molecule has 0 radical (unpaired) electrons. The zero-order chi connectivity index (χ0) is 24.9. The van der Waals surface area contributed by atoms with E-state index in [2.05, 4.69) is 33.2 Å². The van der Waals surface area contributed by atoms with Gasteiger partial charge in [0.25, 0.3) is 5.56 Å². The molecule has 2 N–H and O–H groups in total. The number of hydrogen-bond acceptors (Lipinski definition) is 7. The van der Waals surface area contributed by atoms with Crippen LogP contribution in [-0.4, -0.2) is 49.4 Å². The van der Waals surface area contributed by atoms with Crippen molar-refractivity contribution in [1.29, 1.82) is 10.5 Å². The van der Waals surface area contributed by atoms with Gasteiger partial charge in [-0.1, -0.05) is 24.1 Å². The largest absolute Gasteiger partial charge is 0.465 e. The standard InChI is InChI=1S/C24H22N8O3/c1-2-3-11-31-20-21(29-23(31)30-10-6-9-18(15-30)27-24(34)35)28-19(13-26)32(22(20)33)14-17-8-5-4-7-16(17)12-25/h4-5,7-8,18,27H,6,9-11,14-15H2,1H3,(H,34,35). The monoisotopic (exact) mass is 470 g/mol. The molecule has 3 aromatic rings. The Bertz CT molecular complexity index is 1500. The van der Waals surface area contributed by atoms with Gasteiger partial charge in [-0.2, -0.15) is 20.5 Å². The predicted molar refractivity (Wildman–Crippen MR) is 127 cm³/mol. The first-order valence-electron chi connectivity index (χ1n) is 11.0. The maximum atomic E-state index is 13.7. The van der Waals surface area contributed by atoms with Crippen LogP contribution in [0, 0.1) is 34.5 Å². The molecule has 11 heteroatoms. The van der Waals surface area contributed by atoms with Crippen LogP contribution < -0.4 is 15.8 Å². The van der Waals surface area contributed by atoms with Crippen LogP contribution in [0.3, 0.4) is 0 Å². The predicted octanol–water partition coefficient (Wildman–Crippen LogP) is 1.64. The minimum absolute atomic E-state index is 0.00267. The van der Waals surface area contributed by atoms with Gasteiger partial charge in [-0.25, -0.2) is 4.79 Å². The Morgan fingerprint density at radius 3 is 2.74 bits per heavy atom. The van der Waals surface area contributed by atoms with Crippen molar-refractivity contribution in [2.45, 2.75) is 38.9 Å². The van der Waals surface area contributed by atoms with Gasteiger partial charge >= 0.3 is 6.09 Å². The van der Waals surface area contributed by atoms with E-state index < -0.39 is 11.7 Å². The molecule has 3 heterocycles. The number of nitriles is 2. The molecular formula is C24H22N8O3. The summed E-state index contributed by atoms with van der Waals surface area (Å²) in [5, 5.41) is 30.8. The summed E-state index contributed by atoms with van der Waals surface area (Å²) in [6, 6.07) is 10.7. The van der Waals surface area contributed by atoms with Gasteiger partial charge in [0.1, 0.15) is 6.07 Å². The van der Waals surface area contributed by atoms with Crippen molar-refractivity contribution in [1.82, 2.24) is 24.4 Å². The molecule has 1 amide bonds. The van der Waals surface area contributed by atoms with Crippen LogP contribution >= 0.6 is 0 Å². The SMILES string of the molecule is CC#CCn1c(N2CCCC(NC(=O)O)C2)nc2nc(C#N)n(Cc3ccccc3C#N)c(=O)c21. The Kier molecular flexibility index (Phi) is 6.66. The molecule has 1 aromatic carbocycles. The Balaban J connectivity index is 1.86. The Hall–Kier alpha value is -4.82. The average Bonchev–Trinajstić information content (AvgIpc) is 3.22. The lowest BCUT2D eigenvalue weighted by Crippen LogP contribution is -2.48. The summed E-state index contributed by atoms with van der Waals surface area (Å²) in [5.41, 5.74) is 0.850. The number of nitrogens with one attached hydrogen (secondary N) is 1. The maximum absolute atomic E-state index is 13.7. The number of anilines is 1. The quantitative estimate of drug-likeness (QED) is 0.534. The fraction of sp³-hybridized carbons (Fsp3) is 0.333. The highest BCUT2D eigenvalue weighted by atomic mass is 16.4. The van der Waals surface area contributed by atoms with E-state index in [4.69, 9.17) is 5.11 Å². The van der Waals surface area contributed by atoms with Gasteiger partial charge in [0, 0.05) is 19.1 Å². The highest BCUT2D eigenvalue weighted by Gasteiger charge is 2.27. The Morgan fingerprint density at radius 1 is 1.23 bits per heavy atom. The molecule has 0 bridgehead atoms. The van der Waals surface area contributed by atoms with Crippen LogP contribution in [0.5, 0.6) is 0 Å². The Labute approximate surface area is 200 Å². The molecule has 1 aliphatic rings. The number of benzene rings is 1. The highest BCUT2D eigenvalue weighted by Crippen LogP contribution is 2.23. The van der Waals surface area contributed by atoms with Crippen molar-refractivity contribution in [2.75, 3.05) is 18.0 Å². The van der Waals surface area contributed by atoms with Crippen molar-refractivity contribution in [3.05, 3.63) is 51.6 Å². The van der Waals surface area contributed by atoms with E-state index in [0.29, 0.717) is 36.6 Å². The van der Waals surface area contributed by atoms with E-state index in [1.165, 1.54) is 4.57 Å². The normalized spacial score (nSPS) is 15.1. The molecule has 4 rings (SSSR count). The van der Waals surface area contributed by atoms with Crippen LogP contribution in [0.4, 0.5) is 10.7 Å². The van der Waals surface area contributed by atoms with Crippen LogP contribution in [0.1, 0.15) is 36.7 Å². The van der Waals surface area contributed by atoms with E-state index >= 15 is 0 Å². The number of nitrogens with zero attached hydrogens (tertiary/aromatic N) is 7. The minimum atomic E-state index is -1.09. The molecule has 1 fully saturated rings. The van der Waals surface area contributed by atoms with Gasteiger partial charge < -0.3 is 15.3 Å². The molecule has 1 aliphatic heterocycles. The fourth-order valence-electron chi connectivity index (χ4n) is 4.27. The number of carboxylic acid groups (broad SMARTS) is 1. The Morgan fingerprint density at radius 2 is 2.03 bits per heavy atom. The number of amides is 1. The van der Waals surface area contributed by atoms with Crippen molar-refractivity contribution < 1.29 is 9.90 Å². The minimum Gasteiger partial charge on any atom is -0.465 e. The van der Waals surface area contributed by atoms with Gasteiger partial charge in [0.15, 0.2) is 11.2 Å². The number of imidazole rings is 1. The summed E-state index contributed by atoms with van der Waals surface area (Å²) in [6.45, 7) is 2.87. The molecule has 0 aliphatic carbocycles. The zero-order valence-corrected chi connectivity index (χ0v) is 19.0. The van der Waals surface area contributed by atoms with Crippen LogP contribution in [0.25, 0.3) is 11.2 Å². The lowest BCUT2D eigenvalue weighted by molar-refractivity contribution is 0.188. The van der Waals surface area contributed by atoms with Crippen LogP contribution in [0.15, 0.2) is 29.1 Å². The molecule has 0 saturated carbocycles. The first-order chi connectivity index (χ1) is 17.0. The first kappa shape index (κ1) is 23.3. The van der Waals surface area contributed by atoms with Gasteiger partial charge in [0.05, 0.1) is 24.7 Å². The van der Waals surface area contributed by atoms with Crippen LogP contribution in [-0.2, 0) is 13.1 Å². The van der Waals surface area contributed by atoms with E-state index in [-0.39, 0.29) is 36.1 Å². The summed E-state index contributed by atoms with van der Waals surface area (Å²) >= 11 is 0. The summed E-state index contributed by atoms with van der Waals surface area (Å²) in [6.07, 6.45) is 0.336. The third-order valence-corrected chi connectivity index (χ3v) is 5.86. The molecule has 1 unspecified atom stereocenters. The van der Waals surface area contributed by atoms with E-state index in [9.17, 15) is 20.1 Å². The van der Waals surface area contributed by atoms with Crippen LogP contribution in [0.2, 0.25) is 0 Å². The number of hydrogen-bond donors (Lipinski definition) is 2. The van der Waals surface area contributed by atoms with E-state index in [1.54, 1.807) is 35.8 Å². The van der Waals surface area contributed by atoms with E-state index in [1.807, 2.05) is 11.0 Å². The van der Waals surface area contributed by atoms with Gasteiger partial charge in [-0.05, 0) is 31.4 Å². The molecule has 11 nitrogen and oxygen atoms in total. The summed E-state index contributed by atoms with van der Waals surface area (Å²) in [7, 11) is 0. The number of piperidine rings is 1. The number of carbonyl (C=O) groups is 1. The molecule has 0 spiro atoms. The fourth-order valence-corrected chi connectivity index (χ4v) is 4.27. The van der Waals surface area contributed by atoms with Crippen molar-refractivity contribution in [3.8, 4) is 24.0 Å². The zero-order valence-electron chi connectivity index (χ0n) is 19.0. The average molecular weight is 470 g/mol. The topological polar surface area (TPSA) is 153 Å². The second-order valence-electron chi connectivity index (χ2n) is 8.04. The van der Waals surface area contributed by atoms with Crippen molar-refractivity contribution in [3.63, 3.8) is 0 Å². The molecule has 176 valence electrons. The third-order valence-electron chi connectivity index (χ3n) is 5.86. The number of rotatable bonds is 5. The number of aromatic nitrogens is 4. The van der Waals surface area contributed by atoms with Crippen molar-refractivity contribution in [2.24, 2.45) is 0 Å². The summed E-state index contributed by atoms with van der Waals surface area (Å²) in [5.74, 6) is 6.12. The molecule has 35 heavy (non-hydrogen) atoms. The molecule has 1 saturated heterocycles. The third kappa shape index (κ3) is 4.64. The second-order valence-corrected chi connectivity index (χ2v) is 8.04. The second kappa shape index (κ2) is 9.98. The highest BCUT2D eigenvalue weighted by molar-refractivity contribution is 5.75. The van der Waals surface area contributed by atoms with Gasteiger partial charge in [-0.3, -0.25) is 13.9 Å². The number of fused-ring (bicyclic) bond motifs is 1. The van der Waals surface area contributed by atoms with Crippen molar-refractivity contribution >= 4 is 23.2 Å². The summed E-state index contributed by atoms with van der Waals surface area (Å²) in [4.78, 5) is 35.6.